The summed E-state index contributed by atoms with van der Waals surface area (Å²) in [7, 11) is 0. The Morgan fingerprint density at radius 2 is 1.82 bits per heavy atom. The van der Waals surface area contributed by atoms with Crippen LogP contribution in [0.1, 0.15) is 16.1 Å². The highest BCUT2D eigenvalue weighted by Gasteiger charge is 2.00. The molecule has 5 nitrogen and oxygen atoms in total. The van der Waals surface area contributed by atoms with E-state index in [1.165, 1.54) is 12.1 Å². The number of para-hydroxylation sites is 1. The number of rotatable bonds is 4. The second-order valence-corrected chi connectivity index (χ2v) is 4.68. The van der Waals surface area contributed by atoms with Crippen molar-refractivity contribution in [1.29, 1.82) is 0 Å². The molecule has 3 rings (SSSR count). The predicted octanol–water partition coefficient (Wildman–Crippen LogP) is 3.38. The van der Waals surface area contributed by atoms with E-state index >= 15 is 0 Å². The molecule has 1 aromatic heterocycles. The average Bonchev–Trinajstić information content (AvgIpc) is 2.55. The van der Waals surface area contributed by atoms with E-state index in [0.29, 0.717) is 5.69 Å². The molecule has 5 heteroatoms. The summed E-state index contributed by atoms with van der Waals surface area (Å²) in [4.78, 5) is 15.2. The van der Waals surface area contributed by atoms with Crippen molar-refractivity contribution >= 4 is 28.8 Å². The van der Waals surface area contributed by atoms with E-state index in [4.69, 9.17) is 5.11 Å². The van der Waals surface area contributed by atoms with Crippen LogP contribution in [0.15, 0.2) is 65.8 Å². The number of carboxylic acids is 1. The maximum atomic E-state index is 10.8. The van der Waals surface area contributed by atoms with Gasteiger partial charge in [0.25, 0.3) is 0 Å². The molecule has 0 amide bonds. The first-order chi connectivity index (χ1) is 10.7. The Bertz CT molecular complexity index is 842. The molecule has 3 aromatic rings. The van der Waals surface area contributed by atoms with Crippen molar-refractivity contribution in [3.8, 4) is 0 Å². The Morgan fingerprint density at radius 3 is 2.59 bits per heavy atom. The molecule has 2 aromatic carbocycles. The molecule has 0 bridgehead atoms. The van der Waals surface area contributed by atoms with Crippen molar-refractivity contribution in [2.24, 2.45) is 5.10 Å². The van der Waals surface area contributed by atoms with Gasteiger partial charge < -0.3 is 5.11 Å². The van der Waals surface area contributed by atoms with E-state index in [9.17, 15) is 4.79 Å². The molecule has 0 radical (unpaired) electrons. The summed E-state index contributed by atoms with van der Waals surface area (Å²) in [6.07, 6.45) is 1.62. The summed E-state index contributed by atoms with van der Waals surface area (Å²) in [6, 6.07) is 18.1. The first kappa shape index (κ1) is 13.8. The van der Waals surface area contributed by atoms with Gasteiger partial charge in [-0.3, -0.25) is 5.43 Å². The van der Waals surface area contributed by atoms with Crippen molar-refractivity contribution in [3.63, 3.8) is 0 Å². The number of nitrogens with zero attached hydrogens (tertiary/aromatic N) is 2. The number of fused-ring (bicyclic) bond motifs is 1. The minimum Gasteiger partial charge on any atom is -0.478 e. The van der Waals surface area contributed by atoms with E-state index in [-0.39, 0.29) is 5.56 Å². The van der Waals surface area contributed by atoms with Gasteiger partial charge in [-0.25, -0.2) is 9.78 Å². The Labute approximate surface area is 126 Å². The summed E-state index contributed by atoms with van der Waals surface area (Å²) < 4.78 is 0. The lowest BCUT2D eigenvalue weighted by Crippen LogP contribution is -1.97. The van der Waals surface area contributed by atoms with Gasteiger partial charge in [-0.05, 0) is 36.4 Å². The smallest absolute Gasteiger partial charge is 0.335 e. The Balaban J connectivity index is 1.71. The van der Waals surface area contributed by atoms with Crippen LogP contribution in [-0.2, 0) is 0 Å². The highest BCUT2D eigenvalue weighted by Crippen LogP contribution is 2.11. The fraction of sp³-hybridized carbons (Fsp3) is 0. The first-order valence-electron chi connectivity index (χ1n) is 6.70. The van der Waals surface area contributed by atoms with Crippen molar-refractivity contribution in [3.05, 3.63) is 71.9 Å². The molecule has 0 aliphatic rings. The maximum Gasteiger partial charge on any atom is 0.335 e. The third-order valence-corrected chi connectivity index (χ3v) is 3.14. The minimum absolute atomic E-state index is 0.241. The van der Waals surface area contributed by atoms with Gasteiger partial charge >= 0.3 is 5.97 Å². The van der Waals surface area contributed by atoms with E-state index in [1.54, 1.807) is 18.3 Å². The lowest BCUT2D eigenvalue weighted by molar-refractivity contribution is 0.0697. The number of carboxylic acid groups (broad SMARTS) is 1. The number of nitrogens with one attached hydrogen (secondary N) is 1. The molecule has 22 heavy (non-hydrogen) atoms. The number of anilines is 1. The minimum atomic E-state index is -0.949. The number of aromatic carboxylic acids is 1. The van der Waals surface area contributed by atoms with Crippen molar-refractivity contribution in [1.82, 2.24) is 4.98 Å². The van der Waals surface area contributed by atoms with Crippen LogP contribution in [0, 0.1) is 0 Å². The zero-order valence-electron chi connectivity index (χ0n) is 11.6. The topological polar surface area (TPSA) is 74.6 Å². The number of hydrogen-bond donors (Lipinski definition) is 2. The Kier molecular flexibility index (Phi) is 3.78. The van der Waals surface area contributed by atoms with Gasteiger partial charge in [0.1, 0.15) is 0 Å². The maximum absolute atomic E-state index is 10.8. The number of carbonyl (C=O) groups is 1. The van der Waals surface area contributed by atoms with Crippen LogP contribution in [0.3, 0.4) is 0 Å². The van der Waals surface area contributed by atoms with Gasteiger partial charge in [-0.15, -0.1) is 0 Å². The van der Waals surface area contributed by atoms with E-state index < -0.39 is 5.97 Å². The molecular weight excluding hydrogens is 278 g/mol. The van der Waals surface area contributed by atoms with Gasteiger partial charge in [0, 0.05) is 5.39 Å². The normalized spacial score (nSPS) is 10.9. The predicted molar refractivity (Wildman–Crippen MR) is 86.4 cm³/mol. The zero-order chi connectivity index (χ0) is 15.4. The quantitative estimate of drug-likeness (QED) is 0.571. The fourth-order valence-corrected chi connectivity index (χ4v) is 2.01. The standard InChI is InChI=1S/C17H13N3O2/c21-17(22)13-6-8-14(9-7-13)20-18-11-15-10-5-12-3-1-2-4-16(12)19-15/h1-11,20H,(H,21,22)/b18-11-. The van der Waals surface area contributed by atoms with Gasteiger partial charge in [0.15, 0.2) is 0 Å². The molecule has 2 N–H and O–H groups in total. The summed E-state index contributed by atoms with van der Waals surface area (Å²) in [5.41, 5.74) is 5.45. The van der Waals surface area contributed by atoms with Crippen LogP contribution in [-0.4, -0.2) is 22.3 Å². The molecule has 0 spiro atoms. The highest BCUT2D eigenvalue weighted by atomic mass is 16.4. The molecule has 0 aliphatic heterocycles. The molecule has 0 fully saturated rings. The van der Waals surface area contributed by atoms with E-state index in [0.717, 1.165) is 16.6 Å². The lowest BCUT2D eigenvalue weighted by atomic mass is 10.2. The first-order valence-corrected chi connectivity index (χ1v) is 6.70. The van der Waals surface area contributed by atoms with Gasteiger partial charge in [0.05, 0.1) is 28.7 Å². The summed E-state index contributed by atoms with van der Waals surface area (Å²) in [5, 5.41) is 14.0. The number of aromatic nitrogens is 1. The highest BCUT2D eigenvalue weighted by molar-refractivity contribution is 5.88. The number of pyridine rings is 1. The van der Waals surface area contributed by atoms with E-state index in [1.807, 2.05) is 36.4 Å². The van der Waals surface area contributed by atoms with Crippen LogP contribution < -0.4 is 5.43 Å². The second-order valence-electron chi connectivity index (χ2n) is 4.68. The SMILES string of the molecule is O=C(O)c1ccc(N/N=C\c2ccc3ccccc3n2)cc1. The Morgan fingerprint density at radius 1 is 1.05 bits per heavy atom. The van der Waals surface area contributed by atoms with Gasteiger partial charge in [0.2, 0.25) is 0 Å². The van der Waals surface area contributed by atoms with Crippen LogP contribution in [0.2, 0.25) is 0 Å². The number of hydrogen-bond acceptors (Lipinski definition) is 4. The van der Waals surface area contributed by atoms with E-state index in [2.05, 4.69) is 15.5 Å². The summed E-state index contributed by atoms with van der Waals surface area (Å²) in [6.45, 7) is 0. The van der Waals surface area contributed by atoms with Gasteiger partial charge in [-0.2, -0.15) is 5.10 Å². The number of hydrazone groups is 1. The zero-order valence-corrected chi connectivity index (χ0v) is 11.6. The molecular formula is C17H13N3O2. The third kappa shape index (κ3) is 3.09. The third-order valence-electron chi connectivity index (χ3n) is 3.14. The van der Waals surface area contributed by atoms with Crippen LogP contribution in [0.5, 0.6) is 0 Å². The lowest BCUT2D eigenvalue weighted by Gasteiger charge is -2.01. The fourth-order valence-electron chi connectivity index (χ4n) is 2.01. The van der Waals surface area contributed by atoms with Gasteiger partial charge in [-0.1, -0.05) is 24.3 Å². The Hall–Kier alpha value is -3.21. The van der Waals surface area contributed by atoms with Crippen molar-refractivity contribution in [2.75, 3.05) is 5.43 Å². The summed E-state index contributed by atoms with van der Waals surface area (Å²) >= 11 is 0. The van der Waals surface area contributed by atoms with Crippen LogP contribution in [0.4, 0.5) is 5.69 Å². The second kappa shape index (κ2) is 6.05. The monoisotopic (exact) mass is 291 g/mol. The summed E-state index contributed by atoms with van der Waals surface area (Å²) in [5.74, 6) is -0.949. The molecule has 0 saturated carbocycles. The van der Waals surface area contributed by atoms with Crippen LogP contribution >= 0.6 is 0 Å². The molecule has 0 unspecified atom stereocenters. The molecule has 1 heterocycles. The van der Waals surface area contributed by atoms with Crippen LogP contribution in [0.25, 0.3) is 10.9 Å². The molecule has 0 saturated heterocycles. The van der Waals surface area contributed by atoms with Crippen molar-refractivity contribution in [2.45, 2.75) is 0 Å². The molecule has 0 aliphatic carbocycles. The number of benzene rings is 2. The molecule has 0 atom stereocenters. The molecule has 108 valence electrons. The largest absolute Gasteiger partial charge is 0.478 e. The van der Waals surface area contributed by atoms with Crippen molar-refractivity contribution < 1.29 is 9.90 Å². The average molecular weight is 291 g/mol.